The van der Waals surface area contributed by atoms with E-state index in [2.05, 4.69) is 32.2 Å². The van der Waals surface area contributed by atoms with Gasteiger partial charge in [-0.15, -0.1) is 0 Å². The number of hydrogen-bond acceptors (Lipinski definition) is 3. The van der Waals surface area contributed by atoms with Crippen molar-refractivity contribution in [2.24, 2.45) is 5.73 Å². The lowest BCUT2D eigenvalue weighted by Gasteiger charge is -2.10. The van der Waals surface area contributed by atoms with E-state index < -0.39 is 0 Å². The maximum atomic E-state index is 11.8. The van der Waals surface area contributed by atoms with E-state index in [4.69, 9.17) is 5.73 Å². The molecule has 3 nitrogen and oxygen atoms in total. The highest BCUT2D eigenvalue weighted by Crippen LogP contribution is 2.18. The lowest BCUT2D eigenvalue weighted by molar-refractivity contribution is -0.113. The Bertz CT molecular complexity index is 407. The van der Waals surface area contributed by atoms with Gasteiger partial charge in [0.15, 0.2) is 0 Å². The normalized spacial score (nSPS) is 12.5. The first kappa shape index (κ1) is 16.1. The van der Waals surface area contributed by atoms with Gasteiger partial charge in [-0.1, -0.05) is 32.9 Å². The third kappa shape index (κ3) is 6.12. The van der Waals surface area contributed by atoms with Gasteiger partial charge < -0.3 is 11.1 Å². The zero-order valence-electron chi connectivity index (χ0n) is 12.0. The van der Waals surface area contributed by atoms with Crippen molar-refractivity contribution in [1.29, 1.82) is 0 Å². The summed E-state index contributed by atoms with van der Waals surface area (Å²) in [5, 5.41) is 2.93. The molecule has 19 heavy (non-hydrogen) atoms. The van der Waals surface area contributed by atoms with E-state index in [1.54, 1.807) is 11.8 Å². The van der Waals surface area contributed by atoms with Crippen molar-refractivity contribution in [3.05, 3.63) is 29.8 Å². The fourth-order valence-electron chi connectivity index (χ4n) is 1.59. The van der Waals surface area contributed by atoms with E-state index in [0.717, 1.165) is 17.9 Å². The molecule has 0 aliphatic heterocycles. The Balaban J connectivity index is 2.42. The number of carbonyl (C=O) groups excluding carboxylic acids is 1. The van der Waals surface area contributed by atoms with Crippen molar-refractivity contribution in [2.75, 3.05) is 16.8 Å². The Labute approximate surface area is 120 Å². The van der Waals surface area contributed by atoms with Crippen molar-refractivity contribution < 1.29 is 4.79 Å². The van der Waals surface area contributed by atoms with Gasteiger partial charge >= 0.3 is 0 Å². The number of thioether (sulfide) groups is 1. The predicted octanol–water partition coefficient (Wildman–Crippen LogP) is 3.22. The van der Waals surface area contributed by atoms with Crippen LogP contribution in [0.5, 0.6) is 0 Å². The third-order valence-electron chi connectivity index (χ3n) is 2.93. The SMILES string of the molecule is CCC(N)CSCC(=O)Nc1cccc(C(C)C)c1. The molecule has 0 saturated heterocycles. The van der Waals surface area contributed by atoms with Crippen LogP contribution in [0.3, 0.4) is 0 Å². The Morgan fingerprint density at radius 2 is 2.16 bits per heavy atom. The number of rotatable bonds is 7. The molecule has 0 aromatic heterocycles. The second kappa shape index (κ2) is 8.23. The number of benzene rings is 1. The maximum absolute atomic E-state index is 11.8. The standard InChI is InChI=1S/C15H24N2OS/c1-4-13(16)9-19-10-15(18)17-14-7-5-6-12(8-14)11(2)3/h5-8,11,13H,4,9-10,16H2,1-3H3,(H,17,18). The van der Waals surface area contributed by atoms with Gasteiger partial charge in [-0.05, 0) is 30.0 Å². The molecule has 0 saturated carbocycles. The summed E-state index contributed by atoms with van der Waals surface area (Å²) in [6.45, 7) is 6.34. The Morgan fingerprint density at radius 3 is 2.79 bits per heavy atom. The smallest absolute Gasteiger partial charge is 0.234 e. The summed E-state index contributed by atoms with van der Waals surface area (Å²) in [5.74, 6) is 1.79. The quantitative estimate of drug-likeness (QED) is 0.806. The molecule has 1 aromatic carbocycles. The Morgan fingerprint density at radius 1 is 1.42 bits per heavy atom. The van der Waals surface area contributed by atoms with Gasteiger partial charge in [-0.3, -0.25) is 4.79 Å². The van der Waals surface area contributed by atoms with E-state index in [1.165, 1.54) is 5.56 Å². The van der Waals surface area contributed by atoms with Gasteiger partial charge in [0.25, 0.3) is 0 Å². The van der Waals surface area contributed by atoms with Crippen molar-refractivity contribution in [3.63, 3.8) is 0 Å². The lowest BCUT2D eigenvalue weighted by atomic mass is 10.0. The second-order valence-electron chi connectivity index (χ2n) is 5.01. The minimum atomic E-state index is 0.0363. The monoisotopic (exact) mass is 280 g/mol. The summed E-state index contributed by atoms with van der Waals surface area (Å²) < 4.78 is 0. The molecule has 1 unspecified atom stereocenters. The first-order chi connectivity index (χ1) is 9.02. The second-order valence-corrected chi connectivity index (χ2v) is 6.04. The molecule has 0 bridgehead atoms. The number of nitrogens with two attached hydrogens (primary N) is 1. The molecule has 3 N–H and O–H groups in total. The number of amides is 1. The number of anilines is 1. The van der Waals surface area contributed by atoms with Gasteiger partial charge in [0.2, 0.25) is 5.91 Å². The average molecular weight is 280 g/mol. The van der Waals surface area contributed by atoms with Crippen molar-refractivity contribution >= 4 is 23.4 Å². The summed E-state index contributed by atoms with van der Waals surface area (Å²) in [4.78, 5) is 11.8. The third-order valence-corrected chi connectivity index (χ3v) is 4.06. The van der Waals surface area contributed by atoms with Crippen molar-refractivity contribution in [3.8, 4) is 0 Å². The molecule has 106 valence electrons. The molecule has 0 fully saturated rings. The molecule has 1 amide bonds. The van der Waals surface area contributed by atoms with Crippen LogP contribution in [0.2, 0.25) is 0 Å². The molecular weight excluding hydrogens is 256 g/mol. The van der Waals surface area contributed by atoms with Crippen molar-refractivity contribution in [2.45, 2.75) is 39.2 Å². The summed E-state index contributed by atoms with van der Waals surface area (Å²) in [7, 11) is 0. The zero-order chi connectivity index (χ0) is 14.3. The molecule has 1 atom stereocenters. The van der Waals surface area contributed by atoms with E-state index in [9.17, 15) is 4.79 Å². The summed E-state index contributed by atoms with van der Waals surface area (Å²) in [6, 6.07) is 8.19. The van der Waals surface area contributed by atoms with E-state index in [-0.39, 0.29) is 11.9 Å². The molecule has 0 aliphatic rings. The first-order valence-corrected chi connectivity index (χ1v) is 7.91. The molecule has 1 aromatic rings. The van der Waals surface area contributed by atoms with Crippen LogP contribution in [-0.4, -0.2) is 23.5 Å². The highest BCUT2D eigenvalue weighted by Gasteiger charge is 2.06. The average Bonchev–Trinajstić information content (AvgIpc) is 2.38. The Kier molecular flexibility index (Phi) is 6.95. The van der Waals surface area contributed by atoms with Crippen LogP contribution in [0, 0.1) is 0 Å². The molecule has 0 spiro atoms. The predicted molar refractivity (Wildman–Crippen MR) is 84.8 cm³/mol. The van der Waals surface area contributed by atoms with Crippen molar-refractivity contribution in [1.82, 2.24) is 0 Å². The maximum Gasteiger partial charge on any atom is 0.234 e. The highest BCUT2D eigenvalue weighted by molar-refractivity contribution is 8.00. The van der Waals surface area contributed by atoms with Crippen LogP contribution >= 0.6 is 11.8 Å². The minimum absolute atomic E-state index is 0.0363. The molecule has 1 rings (SSSR count). The summed E-state index contributed by atoms with van der Waals surface area (Å²) >= 11 is 1.59. The molecule has 0 heterocycles. The number of nitrogens with one attached hydrogen (secondary N) is 1. The van der Waals surface area contributed by atoms with Gasteiger partial charge in [0, 0.05) is 17.5 Å². The fraction of sp³-hybridized carbons (Fsp3) is 0.533. The van der Waals surface area contributed by atoms with Gasteiger partial charge in [-0.2, -0.15) is 11.8 Å². The molecule has 4 heteroatoms. The van der Waals surface area contributed by atoms with Gasteiger partial charge in [-0.25, -0.2) is 0 Å². The zero-order valence-corrected chi connectivity index (χ0v) is 12.8. The van der Waals surface area contributed by atoms with Crippen LogP contribution in [0.1, 0.15) is 38.7 Å². The summed E-state index contributed by atoms with van der Waals surface area (Å²) in [6.07, 6.45) is 0.949. The topological polar surface area (TPSA) is 55.1 Å². The van der Waals surface area contributed by atoms with Crippen LogP contribution in [0.25, 0.3) is 0 Å². The van der Waals surface area contributed by atoms with E-state index >= 15 is 0 Å². The fourth-order valence-corrected chi connectivity index (χ4v) is 2.51. The number of carbonyl (C=O) groups is 1. The van der Waals surface area contributed by atoms with Crippen LogP contribution in [0.15, 0.2) is 24.3 Å². The van der Waals surface area contributed by atoms with Crippen LogP contribution in [-0.2, 0) is 4.79 Å². The van der Waals surface area contributed by atoms with E-state index in [1.807, 2.05) is 18.2 Å². The first-order valence-electron chi connectivity index (χ1n) is 6.76. The molecular formula is C15H24N2OS. The van der Waals surface area contributed by atoms with Crippen LogP contribution in [0.4, 0.5) is 5.69 Å². The van der Waals surface area contributed by atoms with E-state index in [0.29, 0.717) is 11.7 Å². The highest BCUT2D eigenvalue weighted by atomic mass is 32.2. The van der Waals surface area contributed by atoms with Gasteiger partial charge in [0.1, 0.15) is 0 Å². The summed E-state index contributed by atoms with van der Waals surface area (Å²) in [5.41, 5.74) is 7.92. The molecule has 0 aliphatic carbocycles. The Hall–Kier alpha value is -1.00. The van der Waals surface area contributed by atoms with Crippen LogP contribution < -0.4 is 11.1 Å². The van der Waals surface area contributed by atoms with Gasteiger partial charge in [0.05, 0.1) is 5.75 Å². The minimum Gasteiger partial charge on any atom is -0.327 e. The molecule has 0 radical (unpaired) electrons. The largest absolute Gasteiger partial charge is 0.327 e. The number of hydrogen-bond donors (Lipinski definition) is 2. The lowest BCUT2D eigenvalue weighted by Crippen LogP contribution is -2.23.